The molecule has 0 radical (unpaired) electrons. The van der Waals surface area contributed by atoms with Crippen molar-refractivity contribution in [1.29, 1.82) is 0 Å². The van der Waals surface area contributed by atoms with E-state index in [1.54, 1.807) is 44.7 Å². The summed E-state index contributed by atoms with van der Waals surface area (Å²) in [7, 11) is 3.20. The number of hydrogen-bond donors (Lipinski definition) is 2. The molecule has 2 aromatic carbocycles. The van der Waals surface area contributed by atoms with Gasteiger partial charge < -0.3 is 29.4 Å². The first-order valence-corrected chi connectivity index (χ1v) is 11.5. The molecule has 0 saturated carbocycles. The quantitative estimate of drug-likeness (QED) is 0.481. The SMILES string of the molecule is COc1ccc(N2CCN(C(CNC(=O)C(=O)Nc3cccc(OC)c3)c3ccco3)CC2)cc1. The van der Waals surface area contributed by atoms with Crippen molar-refractivity contribution in [2.45, 2.75) is 6.04 Å². The molecule has 3 aromatic rings. The highest BCUT2D eigenvalue weighted by Gasteiger charge is 2.28. The number of furan rings is 1. The Morgan fingerprint density at radius 2 is 1.66 bits per heavy atom. The standard InChI is InChI=1S/C26H30N4O5/c1-33-21-10-8-20(9-11-21)29-12-14-30(15-13-29)23(24-7-4-16-35-24)18-27-25(31)26(32)28-19-5-3-6-22(17-19)34-2/h3-11,16-17,23H,12-15,18H2,1-2H3,(H,27,31)(H,28,32). The Kier molecular flexibility index (Phi) is 7.89. The second kappa shape index (κ2) is 11.4. The summed E-state index contributed by atoms with van der Waals surface area (Å²) in [5, 5.41) is 5.36. The maximum absolute atomic E-state index is 12.5. The maximum atomic E-state index is 12.5. The van der Waals surface area contributed by atoms with Gasteiger partial charge in [0.1, 0.15) is 17.3 Å². The summed E-state index contributed by atoms with van der Waals surface area (Å²) >= 11 is 0. The van der Waals surface area contributed by atoms with Gasteiger partial charge in [-0.05, 0) is 48.5 Å². The van der Waals surface area contributed by atoms with E-state index in [4.69, 9.17) is 13.9 Å². The van der Waals surface area contributed by atoms with Crippen molar-refractivity contribution in [2.75, 3.05) is 57.2 Å². The Labute approximate surface area is 204 Å². The summed E-state index contributed by atoms with van der Waals surface area (Å²) in [5.41, 5.74) is 1.63. The number of amides is 2. The summed E-state index contributed by atoms with van der Waals surface area (Å²) < 4.78 is 16.1. The van der Waals surface area contributed by atoms with Gasteiger partial charge in [-0.2, -0.15) is 0 Å². The molecule has 2 heterocycles. The Balaban J connectivity index is 1.34. The summed E-state index contributed by atoms with van der Waals surface area (Å²) in [5.74, 6) is 0.727. The number of ether oxygens (including phenoxy) is 2. The van der Waals surface area contributed by atoms with E-state index in [-0.39, 0.29) is 12.6 Å². The van der Waals surface area contributed by atoms with Crippen LogP contribution in [0.4, 0.5) is 11.4 Å². The molecule has 1 atom stereocenters. The molecule has 1 saturated heterocycles. The molecule has 2 amide bonds. The summed E-state index contributed by atoms with van der Waals surface area (Å²) in [6.07, 6.45) is 1.62. The Morgan fingerprint density at radius 1 is 0.914 bits per heavy atom. The third-order valence-corrected chi connectivity index (χ3v) is 6.05. The van der Waals surface area contributed by atoms with Crippen LogP contribution in [0.2, 0.25) is 0 Å². The molecule has 1 aliphatic heterocycles. The minimum Gasteiger partial charge on any atom is -0.497 e. The minimum absolute atomic E-state index is 0.184. The monoisotopic (exact) mass is 478 g/mol. The van der Waals surface area contributed by atoms with E-state index >= 15 is 0 Å². The van der Waals surface area contributed by atoms with Gasteiger partial charge in [-0.3, -0.25) is 14.5 Å². The highest BCUT2D eigenvalue weighted by Crippen LogP contribution is 2.25. The van der Waals surface area contributed by atoms with Crippen LogP contribution in [-0.4, -0.2) is 63.7 Å². The molecule has 0 bridgehead atoms. The molecule has 2 N–H and O–H groups in total. The van der Waals surface area contributed by atoms with E-state index in [1.807, 2.05) is 24.3 Å². The molecule has 1 unspecified atom stereocenters. The molecular weight excluding hydrogens is 448 g/mol. The number of hydrogen-bond acceptors (Lipinski definition) is 7. The fourth-order valence-corrected chi connectivity index (χ4v) is 4.13. The van der Waals surface area contributed by atoms with Crippen LogP contribution >= 0.6 is 0 Å². The lowest BCUT2D eigenvalue weighted by Crippen LogP contribution is -2.50. The predicted molar refractivity (Wildman–Crippen MR) is 133 cm³/mol. The average Bonchev–Trinajstić information content (AvgIpc) is 3.44. The van der Waals surface area contributed by atoms with E-state index < -0.39 is 11.8 Å². The van der Waals surface area contributed by atoms with E-state index in [1.165, 1.54) is 0 Å². The van der Waals surface area contributed by atoms with Crippen LogP contribution in [0.3, 0.4) is 0 Å². The van der Waals surface area contributed by atoms with Gasteiger partial charge in [0.2, 0.25) is 0 Å². The number of carbonyl (C=O) groups excluding carboxylic acids is 2. The van der Waals surface area contributed by atoms with Gasteiger partial charge in [0.05, 0.1) is 26.5 Å². The molecule has 35 heavy (non-hydrogen) atoms. The maximum Gasteiger partial charge on any atom is 0.313 e. The number of anilines is 2. The third-order valence-electron chi connectivity index (χ3n) is 6.05. The van der Waals surface area contributed by atoms with Gasteiger partial charge in [0.25, 0.3) is 0 Å². The highest BCUT2D eigenvalue weighted by atomic mass is 16.5. The van der Waals surface area contributed by atoms with Crippen molar-refractivity contribution in [3.05, 3.63) is 72.7 Å². The van der Waals surface area contributed by atoms with Crippen LogP contribution in [0, 0.1) is 0 Å². The number of nitrogens with zero attached hydrogens (tertiary/aromatic N) is 2. The Bertz CT molecular complexity index is 1110. The lowest BCUT2D eigenvalue weighted by atomic mass is 10.1. The fraction of sp³-hybridized carbons (Fsp3) is 0.308. The van der Waals surface area contributed by atoms with Crippen molar-refractivity contribution < 1.29 is 23.5 Å². The molecule has 0 spiro atoms. The van der Waals surface area contributed by atoms with E-state index in [2.05, 4.69) is 32.6 Å². The Hall–Kier alpha value is -3.98. The van der Waals surface area contributed by atoms with Crippen LogP contribution in [0.25, 0.3) is 0 Å². The molecule has 0 aliphatic carbocycles. The van der Waals surface area contributed by atoms with Crippen molar-refractivity contribution in [3.8, 4) is 11.5 Å². The van der Waals surface area contributed by atoms with Gasteiger partial charge in [0.15, 0.2) is 0 Å². The van der Waals surface area contributed by atoms with Crippen LogP contribution in [0.15, 0.2) is 71.3 Å². The lowest BCUT2D eigenvalue weighted by molar-refractivity contribution is -0.136. The van der Waals surface area contributed by atoms with Crippen LogP contribution in [0.1, 0.15) is 11.8 Å². The molecule has 4 rings (SSSR count). The molecular formula is C26H30N4O5. The van der Waals surface area contributed by atoms with Gasteiger partial charge in [0, 0.05) is 50.2 Å². The van der Waals surface area contributed by atoms with Gasteiger partial charge >= 0.3 is 11.8 Å². The number of methoxy groups -OCH3 is 2. The number of nitrogens with one attached hydrogen (secondary N) is 2. The second-order valence-electron chi connectivity index (χ2n) is 8.15. The van der Waals surface area contributed by atoms with Crippen LogP contribution < -0.4 is 25.0 Å². The Morgan fingerprint density at radius 3 is 2.31 bits per heavy atom. The zero-order valence-corrected chi connectivity index (χ0v) is 19.9. The zero-order valence-electron chi connectivity index (χ0n) is 19.9. The number of rotatable bonds is 8. The topological polar surface area (TPSA) is 96.3 Å². The van der Waals surface area contributed by atoms with E-state index in [0.717, 1.165) is 43.4 Å². The number of carbonyl (C=O) groups is 2. The normalized spacial score (nSPS) is 14.7. The minimum atomic E-state index is -0.735. The second-order valence-corrected chi connectivity index (χ2v) is 8.15. The molecule has 1 fully saturated rings. The fourth-order valence-electron chi connectivity index (χ4n) is 4.13. The number of piperazine rings is 1. The molecule has 184 valence electrons. The third kappa shape index (κ3) is 6.13. The average molecular weight is 479 g/mol. The van der Waals surface area contributed by atoms with Crippen molar-refractivity contribution in [3.63, 3.8) is 0 Å². The molecule has 9 nitrogen and oxygen atoms in total. The largest absolute Gasteiger partial charge is 0.497 e. The predicted octanol–water partition coefficient (Wildman–Crippen LogP) is 2.92. The summed E-state index contributed by atoms with van der Waals surface area (Å²) in [6.45, 7) is 3.47. The van der Waals surface area contributed by atoms with Crippen molar-refractivity contribution >= 4 is 23.2 Å². The first kappa shape index (κ1) is 24.2. The molecule has 9 heteroatoms. The van der Waals surface area contributed by atoms with Gasteiger partial charge in [-0.25, -0.2) is 0 Å². The zero-order chi connectivity index (χ0) is 24.6. The van der Waals surface area contributed by atoms with Crippen molar-refractivity contribution in [2.24, 2.45) is 0 Å². The van der Waals surface area contributed by atoms with Crippen LogP contribution in [-0.2, 0) is 9.59 Å². The molecule has 1 aromatic heterocycles. The lowest BCUT2D eigenvalue weighted by Gasteiger charge is -2.39. The van der Waals surface area contributed by atoms with Crippen molar-refractivity contribution in [1.82, 2.24) is 10.2 Å². The number of benzene rings is 2. The van der Waals surface area contributed by atoms with E-state index in [9.17, 15) is 9.59 Å². The highest BCUT2D eigenvalue weighted by molar-refractivity contribution is 6.39. The van der Waals surface area contributed by atoms with Crippen LogP contribution in [0.5, 0.6) is 11.5 Å². The first-order chi connectivity index (χ1) is 17.1. The summed E-state index contributed by atoms with van der Waals surface area (Å²) in [4.78, 5) is 29.5. The molecule has 1 aliphatic rings. The summed E-state index contributed by atoms with van der Waals surface area (Å²) in [6, 6.07) is 18.4. The van der Waals surface area contributed by atoms with E-state index in [0.29, 0.717) is 11.4 Å². The van der Waals surface area contributed by atoms with Gasteiger partial charge in [-0.1, -0.05) is 6.07 Å². The van der Waals surface area contributed by atoms with Gasteiger partial charge in [-0.15, -0.1) is 0 Å². The smallest absolute Gasteiger partial charge is 0.313 e. The first-order valence-electron chi connectivity index (χ1n) is 11.5.